The molecule has 0 spiro atoms. The first-order valence-corrected chi connectivity index (χ1v) is 37.9. The fraction of sp³-hybridized carbons (Fsp3) is 0.872. The summed E-state index contributed by atoms with van der Waals surface area (Å²) in [5.41, 5.74) is -2.61. The smallest absolute Gasteiger partial charge is 0.312 e. The maximum Gasteiger partial charge on any atom is 0.312 e. The summed E-state index contributed by atoms with van der Waals surface area (Å²) in [6.07, 6.45) is 9.95. The van der Waals surface area contributed by atoms with E-state index in [0.717, 1.165) is 70.1 Å². The van der Waals surface area contributed by atoms with Crippen molar-refractivity contribution in [1.82, 2.24) is 0 Å². The summed E-state index contributed by atoms with van der Waals surface area (Å²) in [6, 6.07) is 0. The van der Waals surface area contributed by atoms with Gasteiger partial charge in [-0.2, -0.15) is 0 Å². The van der Waals surface area contributed by atoms with Gasteiger partial charge in [-0.1, -0.05) is 34.6 Å². The van der Waals surface area contributed by atoms with Crippen LogP contribution in [-0.4, -0.2) is 150 Å². The Morgan fingerprint density at radius 3 is 1.33 bits per heavy atom. The molecular formula is C78H116O22. The van der Waals surface area contributed by atoms with Gasteiger partial charge in [-0.15, -0.1) is 0 Å². The second-order valence-corrected chi connectivity index (χ2v) is 35.8. The Labute approximate surface area is 591 Å². The number of esters is 10. The lowest BCUT2D eigenvalue weighted by Crippen LogP contribution is -2.47. The van der Waals surface area contributed by atoms with Gasteiger partial charge in [0, 0.05) is 67.5 Å². The number of rotatable bonds is 18. The quantitative estimate of drug-likeness (QED) is 0.0700. The highest BCUT2D eigenvalue weighted by Crippen LogP contribution is 2.72. The Morgan fingerprint density at radius 1 is 0.430 bits per heavy atom. The highest BCUT2D eigenvalue weighted by Gasteiger charge is 2.73. The van der Waals surface area contributed by atoms with E-state index in [0.29, 0.717) is 74.3 Å². The van der Waals surface area contributed by atoms with Crippen LogP contribution in [-0.2, 0) is 105 Å². The van der Waals surface area contributed by atoms with Crippen molar-refractivity contribution in [3.8, 4) is 0 Å². The number of ether oxygens (including phenoxy) is 12. The van der Waals surface area contributed by atoms with Crippen molar-refractivity contribution in [3.63, 3.8) is 0 Å². The van der Waals surface area contributed by atoms with Crippen molar-refractivity contribution in [2.24, 2.45) is 145 Å². The van der Waals surface area contributed by atoms with Gasteiger partial charge < -0.3 is 56.8 Å². The first-order chi connectivity index (χ1) is 47.0. The first-order valence-electron chi connectivity index (χ1n) is 37.9. The number of fused-ring (bicyclic) bond motifs is 23. The van der Waals surface area contributed by atoms with E-state index < -0.39 is 27.1 Å². The van der Waals surface area contributed by atoms with E-state index in [1.54, 1.807) is 14.2 Å². The molecule has 5 saturated heterocycles. The highest BCUT2D eigenvalue weighted by atomic mass is 16.6. The van der Waals surface area contributed by atoms with Crippen molar-refractivity contribution < 1.29 is 105 Å². The van der Waals surface area contributed by atoms with Crippen LogP contribution < -0.4 is 0 Å². The maximum absolute atomic E-state index is 12.5. The Hall–Kier alpha value is -5.38. The van der Waals surface area contributed by atoms with Crippen LogP contribution in [0, 0.1) is 145 Å². The van der Waals surface area contributed by atoms with Gasteiger partial charge >= 0.3 is 59.7 Å². The number of hydrogen-bond acceptors (Lipinski definition) is 22. The highest BCUT2D eigenvalue weighted by molar-refractivity contribution is 5.82. The van der Waals surface area contributed by atoms with Crippen molar-refractivity contribution >= 4 is 59.7 Å². The van der Waals surface area contributed by atoms with Gasteiger partial charge in [0.25, 0.3) is 0 Å². The third kappa shape index (κ3) is 13.3. The molecule has 10 bridgehead atoms. The average Bonchev–Trinajstić information content (AvgIpc) is 1.54. The summed E-state index contributed by atoms with van der Waals surface area (Å²) in [5.74, 6) is 4.58. The van der Waals surface area contributed by atoms with Gasteiger partial charge in [0.2, 0.25) is 0 Å². The van der Waals surface area contributed by atoms with Gasteiger partial charge in [0.15, 0.2) is 0 Å². The number of cyclic esters (lactones) is 4. The molecule has 22 heteroatoms. The second-order valence-electron chi connectivity index (χ2n) is 35.8. The van der Waals surface area contributed by atoms with Crippen LogP contribution in [0.25, 0.3) is 0 Å². The second kappa shape index (κ2) is 28.2. The number of carbonyl (C=O) groups excluding carboxylic acids is 10. The molecule has 5 aliphatic heterocycles. The Bertz CT molecular complexity index is 3150. The minimum atomic E-state index is -0.504. The fourth-order valence-corrected chi connectivity index (χ4v) is 20.5. The van der Waals surface area contributed by atoms with Crippen LogP contribution in [0.2, 0.25) is 0 Å². The normalized spacial score (nSPS) is 40.9. The van der Waals surface area contributed by atoms with E-state index in [-0.39, 0.29) is 180 Å². The molecule has 560 valence electrons. The fourth-order valence-electron chi connectivity index (χ4n) is 20.5. The number of methoxy groups -OCH3 is 2. The topological polar surface area (TPSA) is 281 Å². The third-order valence-electron chi connectivity index (χ3n) is 28.6. The largest absolute Gasteiger partial charge is 0.465 e. The Kier molecular flexibility index (Phi) is 21.4. The molecule has 0 aromatic carbocycles. The van der Waals surface area contributed by atoms with E-state index >= 15 is 0 Å². The van der Waals surface area contributed by atoms with Gasteiger partial charge in [0.05, 0.1) is 102 Å². The molecule has 22 nitrogen and oxygen atoms in total. The van der Waals surface area contributed by atoms with Crippen LogP contribution in [0.4, 0.5) is 0 Å². The predicted octanol–water partition coefficient (Wildman–Crippen LogP) is 10.5. The molecule has 0 radical (unpaired) electrons. The summed E-state index contributed by atoms with van der Waals surface area (Å²) >= 11 is 0. The lowest BCUT2D eigenvalue weighted by Gasteiger charge is -2.41. The van der Waals surface area contributed by atoms with E-state index in [4.69, 9.17) is 56.8 Å². The molecule has 15 rings (SSSR count). The van der Waals surface area contributed by atoms with Crippen LogP contribution in [0.3, 0.4) is 0 Å². The molecule has 0 amide bonds. The van der Waals surface area contributed by atoms with Crippen molar-refractivity contribution in [2.75, 3.05) is 47.3 Å². The molecule has 10 aliphatic carbocycles. The number of carbonyl (C=O) groups is 10. The molecule has 5 heterocycles. The van der Waals surface area contributed by atoms with Crippen LogP contribution in [0.5, 0.6) is 0 Å². The third-order valence-corrected chi connectivity index (χ3v) is 28.6. The summed E-state index contributed by atoms with van der Waals surface area (Å²) in [4.78, 5) is 120. The van der Waals surface area contributed by atoms with Crippen molar-refractivity contribution in [1.29, 1.82) is 0 Å². The lowest BCUT2D eigenvalue weighted by atomic mass is 9.63. The zero-order valence-corrected chi connectivity index (χ0v) is 62.7. The van der Waals surface area contributed by atoms with E-state index in [1.807, 2.05) is 111 Å². The first kappa shape index (κ1) is 75.8. The van der Waals surface area contributed by atoms with E-state index in [2.05, 4.69) is 0 Å². The zero-order chi connectivity index (χ0) is 73.0. The molecule has 15 aliphatic rings. The average molecular weight is 1410 g/mol. The van der Waals surface area contributed by atoms with Gasteiger partial charge in [-0.25, -0.2) is 0 Å². The monoisotopic (exact) mass is 1400 g/mol. The van der Waals surface area contributed by atoms with Crippen LogP contribution >= 0.6 is 0 Å². The molecule has 100 heavy (non-hydrogen) atoms. The summed E-state index contributed by atoms with van der Waals surface area (Å²) in [5, 5.41) is 0. The van der Waals surface area contributed by atoms with Crippen molar-refractivity contribution in [2.45, 2.75) is 237 Å². The standard InChI is InChI=1S/C20H28O4.2C16H24O5.C15H22O4.C11H18O4/c1-4-20(2,3)19(22)24-14-6-9-5-11(14)16-12-7-10(15(9)16)13-8-23-18(21)17(12)13;1-5-16(2,3)15(18)21-13-8-6-9(12(13)19-4)11-10(8)7-20-14(11)17;1-5-16(2,3)15(18)21-13-9-6-8(12(13)19-4)10-7-20-14(17)11(9)10;1-5-14(2,3)12(16)18-10-8-6-9-11(10)19-13(17)15(9,4)7-8;1-4-11(2,3)10(13)15-7-8-5-9(12)14-6-8/h9-17H,4-8H2,1-3H3;2*8-13H,5-7H2,1-4H3;8-11H,5-7H2,1-4H3;8H,4-7H2,1-3H3. The minimum absolute atomic E-state index is 0.0362. The molecule has 27 atom stereocenters. The summed E-state index contributed by atoms with van der Waals surface area (Å²) in [6.45, 7) is 33.2. The zero-order valence-electron chi connectivity index (χ0n) is 62.7. The number of hydrogen-bond donors (Lipinski definition) is 0. The predicted molar refractivity (Wildman–Crippen MR) is 358 cm³/mol. The molecule has 0 N–H and O–H groups in total. The molecule has 15 fully saturated rings. The maximum atomic E-state index is 12.5. The Morgan fingerprint density at radius 2 is 0.850 bits per heavy atom. The minimum Gasteiger partial charge on any atom is -0.465 e. The lowest BCUT2D eigenvalue weighted by molar-refractivity contribution is -0.175. The summed E-state index contributed by atoms with van der Waals surface area (Å²) < 4.78 is 65.7. The van der Waals surface area contributed by atoms with Gasteiger partial charge in [0.1, 0.15) is 30.5 Å². The summed E-state index contributed by atoms with van der Waals surface area (Å²) in [7, 11) is 3.29. The molecular weight excluding hydrogens is 1290 g/mol. The van der Waals surface area contributed by atoms with Crippen LogP contribution in [0.1, 0.15) is 194 Å². The SMILES string of the molecule is CCC(C)(C)C(=O)OC1C2CC(C1OC)C1C(=O)OCC21.CCC(C)(C)C(=O)OC1C2CC(C3COC(=O)C32)C1OC.CCC(C)(C)C(=O)OC1C2CC3C1OC(=O)C3(C)C2.CCC(C)(C)C(=O)OC1CC2CC1C1C3CC(C4COC(=O)C43)C21.CCC(C)(C)C(=O)OCC1COC(=O)C1. The molecule has 10 saturated carbocycles. The van der Waals surface area contributed by atoms with E-state index in [9.17, 15) is 47.9 Å². The molecule has 0 aromatic heterocycles. The van der Waals surface area contributed by atoms with Gasteiger partial charge in [-0.05, 0) is 195 Å². The van der Waals surface area contributed by atoms with Gasteiger partial charge in [-0.3, -0.25) is 47.9 Å². The van der Waals surface area contributed by atoms with Crippen LogP contribution in [0.15, 0.2) is 0 Å². The van der Waals surface area contributed by atoms with Crippen molar-refractivity contribution in [3.05, 3.63) is 0 Å². The molecule has 0 aromatic rings. The Balaban J connectivity index is 0.000000127. The molecule has 27 unspecified atom stereocenters. The van der Waals surface area contributed by atoms with E-state index in [1.165, 1.54) is 12.8 Å².